The van der Waals surface area contributed by atoms with Crippen LogP contribution in [0.4, 0.5) is 4.39 Å². The predicted octanol–water partition coefficient (Wildman–Crippen LogP) is 3.35. The Bertz CT molecular complexity index is 611. The van der Waals surface area contributed by atoms with Crippen molar-refractivity contribution in [2.24, 2.45) is 5.10 Å². The van der Waals surface area contributed by atoms with E-state index in [1.807, 2.05) is 24.3 Å². The van der Waals surface area contributed by atoms with Crippen molar-refractivity contribution < 1.29 is 9.18 Å². The zero-order chi connectivity index (χ0) is 13.7. The fourth-order valence-corrected chi connectivity index (χ4v) is 1.67. The van der Waals surface area contributed by atoms with Crippen molar-refractivity contribution in [3.63, 3.8) is 0 Å². The van der Waals surface area contributed by atoms with Gasteiger partial charge in [-0.25, -0.2) is 9.82 Å². The molecule has 5 heteroatoms. The first-order valence-corrected chi connectivity index (χ1v) is 6.29. The number of benzene rings is 2. The van der Waals surface area contributed by atoms with Crippen molar-refractivity contribution in [3.8, 4) is 0 Å². The molecule has 2 rings (SSSR count). The summed E-state index contributed by atoms with van der Waals surface area (Å²) in [5, 5.41) is 3.81. The number of nitrogens with zero attached hydrogens (tertiary/aromatic N) is 1. The minimum atomic E-state index is -0.454. The molecule has 0 aliphatic heterocycles. The molecule has 0 aliphatic rings. The molecule has 2 aromatic carbocycles. The molecule has 0 spiro atoms. The summed E-state index contributed by atoms with van der Waals surface area (Å²) in [5.74, 6) is -0.905. The summed E-state index contributed by atoms with van der Waals surface area (Å²) in [6.45, 7) is 0. The lowest BCUT2D eigenvalue weighted by Gasteiger charge is -1.99. The molecule has 19 heavy (non-hydrogen) atoms. The Morgan fingerprint density at radius 3 is 2.63 bits per heavy atom. The average molecular weight is 321 g/mol. The van der Waals surface area contributed by atoms with Gasteiger partial charge in [-0.3, -0.25) is 4.79 Å². The van der Waals surface area contributed by atoms with Crippen molar-refractivity contribution in [3.05, 3.63) is 69.9 Å². The molecule has 0 aromatic heterocycles. The van der Waals surface area contributed by atoms with Gasteiger partial charge in [-0.15, -0.1) is 0 Å². The highest BCUT2D eigenvalue weighted by Gasteiger charge is 2.04. The molecule has 3 nitrogen and oxygen atoms in total. The van der Waals surface area contributed by atoms with E-state index in [-0.39, 0.29) is 5.56 Å². The molecular formula is C14H10BrFN2O. The van der Waals surface area contributed by atoms with Crippen molar-refractivity contribution in [2.45, 2.75) is 0 Å². The van der Waals surface area contributed by atoms with Crippen LogP contribution in [0.2, 0.25) is 0 Å². The Kier molecular flexibility index (Phi) is 4.41. The zero-order valence-corrected chi connectivity index (χ0v) is 11.4. The molecule has 0 saturated heterocycles. The first-order chi connectivity index (χ1) is 9.15. The first kappa shape index (κ1) is 13.4. The van der Waals surface area contributed by atoms with Gasteiger partial charge in [-0.2, -0.15) is 5.10 Å². The number of hydrazone groups is 1. The number of carbonyl (C=O) groups excluding carboxylic acids is 1. The summed E-state index contributed by atoms with van der Waals surface area (Å²) in [6.07, 6.45) is 1.52. The fraction of sp³-hybridized carbons (Fsp3) is 0. The molecule has 0 bridgehead atoms. The maximum atomic E-state index is 12.9. The number of carbonyl (C=O) groups is 1. The molecule has 96 valence electrons. The fourth-order valence-electron chi connectivity index (χ4n) is 1.41. The lowest BCUT2D eigenvalue weighted by molar-refractivity contribution is 0.0954. The van der Waals surface area contributed by atoms with Gasteiger partial charge >= 0.3 is 0 Å². The number of hydrogen-bond acceptors (Lipinski definition) is 2. The number of hydrogen-bond donors (Lipinski definition) is 1. The summed E-state index contributed by atoms with van der Waals surface area (Å²) in [6, 6.07) is 12.9. The van der Waals surface area contributed by atoms with Crippen molar-refractivity contribution >= 4 is 28.1 Å². The van der Waals surface area contributed by atoms with Crippen LogP contribution in [-0.4, -0.2) is 12.1 Å². The van der Waals surface area contributed by atoms with Gasteiger partial charge in [-0.1, -0.05) is 34.1 Å². The second-order valence-corrected chi connectivity index (χ2v) is 4.68. The Balaban J connectivity index is 1.98. The van der Waals surface area contributed by atoms with Crippen molar-refractivity contribution in [1.29, 1.82) is 0 Å². The molecule has 0 atom stereocenters. The van der Waals surface area contributed by atoms with Crippen LogP contribution in [0, 0.1) is 5.82 Å². The molecule has 0 saturated carbocycles. The summed E-state index contributed by atoms with van der Waals surface area (Å²) < 4.78 is 13.9. The lowest BCUT2D eigenvalue weighted by atomic mass is 10.2. The summed E-state index contributed by atoms with van der Waals surface area (Å²) >= 11 is 3.32. The van der Waals surface area contributed by atoms with E-state index in [1.165, 1.54) is 24.4 Å². The molecular weight excluding hydrogens is 311 g/mol. The van der Waals surface area contributed by atoms with Crippen LogP contribution < -0.4 is 5.43 Å². The highest BCUT2D eigenvalue weighted by molar-refractivity contribution is 9.10. The van der Waals surface area contributed by atoms with Gasteiger partial charge in [0, 0.05) is 10.0 Å². The molecule has 1 amide bonds. The highest BCUT2D eigenvalue weighted by Crippen LogP contribution is 2.09. The monoisotopic (exact) mass is 320 g/mol. The second kappa shape index (κ2) is 6.24. The molecule has 0 heterocycles. The van der Waals surface area contributed by atoms with E-state index in [0.717, 1.165) is 16.1 Å². The smallest absolute Gasteiger partial charge is 0.267 e. The molecule has 0 unspecified atom stereocenters. The third kappa shape index (κ3) is 3.99. The predicted molar refractivity (Wildman–Crippen MR) is 75.6 cm³/mol. The Labute approximate surface area is 118 Å². The highest BCUT2D eigenvalue weighted by atomic mass is 79.9. The molecule has 2 aromatic rings. The third-order valence-corrected chi connectivity index (χ3v) is 2.87. The van der Waals surface area contributed by atoms with Gasteiger partial charge in [0.15, 0.2) is 0 Å². The second-order valence-electron chi connectivity index (χ2n) is 3.76. The van der Waals surface area contributed by atoms with E-state index >= 15 is 0 Å². The average Bonchev–Trinajstić information content (AvgIpc) is 2.41. The van der Waals surface area contributed by atoms with E-state index in [9.17, 15) is 9.18 Å². The number of amides is 1. The first-order valence-electron chi connectivity index (χ1n) is 5.50. The van der Waals surface area contributed by atoms with Crippen LogP contribution in [0.15, 0.2) is 58.1 Å². The number of halogens is 2. The van der Waals surface area contributed by atoms with E-state index in [1.54, 1.807) is 0 Å². The molecule has 0 aliphatic carbocycles. The normalized spacial score (nSPS) is 10.6. The van der Waals surface area contributed by atoms with Crippen LogP contribution in [0.5, 0.6) is 0 Å². The van der Waals surface area contributed by atoms with E-state index < -0.39 is 11.7 Å². The topological polar surface area (TPSA) is 41.5 Å². The van der Waals surface area contributed by atoms with Gasteiger partial charge in [-0.05, 0) is 35.9 Å². The largest absolute Gasteiger partial charge is 0.271 e. The van der Waals surface area contributed by atoms with Crippen molar-refractivity contribution in [1.82, 2.24) is 5.43 Å². The maximum Gasteiger partial charge on any atom is 0.271 e. The molecule has 1 N–H and O–H groups in total. The van der Waals surface area contributed by atoms with Gasteiger partial charge in [0.05, 0.1) is 6.21 Å². The van der Waals surface area contributed by atoms with Crippen LogP contribution in [0.1, 0.15) is 15.9 Å². The third-order valence-electron chi connectivity index (χ3n) is 2.34. The Morgan fingerprint density at radius 2 is 1.95 bits per heavy atom. The lowest BCUT2D eigenvalue weighted by Crippen LogP contribution is -2.17. The van der Waals surface area contributed by atoms with Crippen LogP contribution >= 0.6 is 15.9 Å². The van der Waals surface area contributed by atoms with Crippen molar-refractivity contribution in [2.75, 3.05) is 0 Å². The molecule has 0 radical (unpaired) electrons. The van der Waals surface area contributed by atoms with Gasteiger partial charge in [0.25, 0.3) is 5.91 Å². The van der Waals surface area contributed by atoms with Crippen LogP contribution in [0.3, 0.4) is 0 Å². The maximum absolute atomic E-state index is 12.9. The van der Waals surface area contributed by atoms with Gasteiger partial charge < -0.3 is 0 Å². The number of nitrogens with one attached hydrogen (secondary N) is 1. The zero-order valence-electron chi connectivity index (χ0n) is 9.81. The quantitative estimate of drug-likeness (QED) is 0.684. The molecule has 0 fully saturated rings. The van der Waals surface area contributed by atoms with Crippen LogP contribution in [-0.2, 0) is 0 Å². The summed E-state index contributed by atoms with van der Waals surface area (Å²) in [5.41, 5.74) is 3.42. The standard InChI is InChI=1S/C14H10BrFN2O/c15-12-6-4-10(5-7-12)9-17-18-14(19)11-2-1-3-13(16)8-11/h1-9H,(H,18,19)/b17-9-. The van der Waals surface area contributed by atoms with E-state index in [0.29, 0.717) is 0 Å². The number of rotatable bonds is 3. The van der Waals surface area contributed by atoms with Crippen LogP contribution in [0.25, 0.3) is 0 Å². The SMILES string of the molecule is O=C(N/N=C\c1ccc(Br)cc1)c1cccc(F)c1. The Hall–Kier alpha value is -2.01. The summed E-state index contributed by atoms with van der Waals surface area (Å²) in [7, 11) is 0. The van der Waals surface area contributed by atoms with Gasteiger partial charge in [0.1, 0.15) is 5.82 Å². The Morgan fingerprint density at radius 1 is 1.21 bits per heavy atom. The minimum Gasteiger partial charge on any atom is -0.267 e. The van der Waals surface area contributed by atoms with E-state index in [4.69, 9.17) is 0 Å². The summed E-state index contributed by atoms with van der Waals surface area (Å²) in [4.78, 5) is 11.6. The van der Waals surface area contributed by atoms with E-state index in [2.05, 4.69) is 26.5 Å². The minimum absolute atomic E-state index is 0.230. The van der Waals surface area contributed by atoms with Gasteiger partial charge in [0.2, 0.25) is 0 Å².